The van der Waals surface area contributed by atoms with Crippen LogP contribution in [0.5, 0.6) is 0 Å². The molecule has 1 unspecified atom stereocenters. The molecule has 1 N–H and O–H groups in total. The van der Waals surface area contributed by atoms with Crippen LogP contribution in [-0.4, -0.2) is 37.8 Å². The van der Waals surface area contributed by atoms with E-state index in [1.54, 1.807) is 24.3 Å². The van der Waals surface area contributed by atoms with Gasteiger partial charge in [0.15, 0.2) is 0 Å². The first-order valence-corrected chi connectivity index (χ1v) is 8.82. The second-order valence-corrected chi connectivity index (χ2v) is 7.28. The quantitative estimate of drug-likeness (QED) is 0.782. The average Bonchev–Trinajstić information content (AvgIpc) is 2.77. The van der Waals surface area contributed by atoms with Gasteiger partial charge in [0.2, 0.25) is 5.91 Å². The van der Waals surface area contributed by atoms with Crippen LogP contribution in [0.4, 0.5) is 0 Å². The largest absolute Gasteiger partial charge is 0.462 e. The van der Waals surface area contributed by atoms with Gasteiger partial charge in [-0.1, -0.05) is 32.4 Å². The van der Waals surface area contributed by atoms with Gasteiger partial charge in [0.05, 0.1) is 18.7 Å². The van der Waals surface area contributed by atoms with Gasteiger partial charge in [-0.3, -0.25) is 4.79 Å². The van der Waals surface area contributed by atoms with Crippen molar-refractivity contribution >= 4 is 22.1 Å². The molecule has 1 amide bonds. The summed E-state index contributed by atoms with van der Waals surface area (Å²) in [5.41, 5.74) is 1.10. The molecule has 1 fully saturated rings. The van der Waals surface area contributed by atoms with E-state index in [1.165, 1.54) is 0 Å². The minimum Gasteiger partial charge on any atom is -0.462 e. The maximum absolute atomic E-state index is 11.9. The molecule has 0 radical (unpaired) electrons. The monoisotopic (exact) mass is 340 g/mol. The lowest BCUT2D eigenvalue weighted by molar-refractivity contribution is -0.118. The zero-order valence-corrected chi connectivity index (χ0v) is 13.9. The number of rotatable bonds is 6. The van der Waals surface area contributed by atoms with Crippen molar-refractivity contribution in [1.29, 1.82) is 0 Å². The highest BCUT2D eigenvalue weighted by molar-refractivity contribution is 7.88. The maximum Gasteiger partial charge on any atom is 0.338 e. The first-order chi connectivity index (χ1) is 10.8. The molecule has 1 aromatic rings. The molecule has 8 heteroatoms. The lowest BCUT2D eigenvalue weighted by atomic mass is 10.1. The van der Waals surface area contributed by atoms with Crippen molar-refractivity contribution < 1.29 is 22.7 Å². The normalized spacial score (nSPS) is 18.4. The van der Waals surface area contributed by atoms with Gasteiger partial charge in [-0.05, 0) is 23.6 Å². The van der Waals surface area contributed by atoms with E-state index >= 15 is 0 Å². The van der Waals surface area contributed by atoms with E-state index < -0.39 is 22.1 Å². The van der Waals surface area contributed by atoms with E-state index in [0.717, 1.165) is 10.7 Å². The summed E-state index contributed by atoms with van der Waals surface area (Å²) in [5.74, 6) is -0.638. The predicted molar refractivity (Wildman–Crippen MR) is 83.7 cm³/mol. The van der Waals surface area contributed by atoms with Crippen LogP contribution in [0.3, 0.4) is 0 Å². The second kappa shape index (κ2) is 7.10. The molecular formula is C15H20N2O5S. The Kier molecular flexibility index (Phi) is 5.38. The molecular weight excluding hydrogens is 320 g/mol. The summed E-state index contributed by atoms with van der Waals surface area (Å²) in [7, 11) is -3.74. The van der Waals surface area contributed by atoms with Gasteiger partial charge in [-0.15, -0.1) is 0 Å². The Hall–Kier alpha value is -1.93. The smallest absolute Gasteiger partial charge is 0.338 e. The molecule has 1 saturated heterocycles. The van der Waals surface area contributed by atoms with E-state index in [4.69, 9.17) is 4.74 Å². The third-order valence-electron chi connectivity index (χ3n) is 3.65. The van der Waals surface area contributed by atoms with Crippen molar-refractivity contribution in [3.8, 4) is 0 Å². The number of hydrogen-bond donors (Lipinski definition) is 1. The summed E-state index contributed by atoms with van der Waals surface area (Å²) < 4.78 is 31.5. The molecule has 126 valence electrons. The van der Waals surface area contributed by atoms with E-state index in [1.807, 2.05) is 18.6 Å². The number of carbonyl (C=O) groups is 2. The minimum absolute atomic E-state index is 0.0727. The fourth-order valence-electron chi connectivity index (χ4n) is 2.00. The van der Waals surface area contributed by atoms with Crippen molar-refractivity contribution in [2.75, 3.05) is 13.2 Å². The molecule has 1 aliphatic rings. The standard InChI is InChI=1S/C15H20N2O5S/c1-3-11(2)10-22-15(19)13-6-4-12(5-7-13)8-17-9-14(18)16-23(17,20)21/h4-7,11H,3,8-10H2,1-2H3,(H,16,18). The van der Waals surface area contributed by atoms with Gasteiger partial charge in [-0.25, -0.2) is 9.52 Å². The Morgan fingerprint density at radius 2 is 2.00 bits per heavy atom. The molecule has 23 heavy (non-hydrogen) atoms. The van der Waals surface area contributed by atoms with Crippen molar-refractivity contribution in [3.05, 3.63) is 35.4 Å². The third kappa shape index (κ3) is 4.52. The predicted octanol–water partition coefficient (Wildman–Crippen LogP) is 1.07. The van der Waals surface area contributed by atoms with Crippen LogP contribution in [0.25, 0.3) is 0 Å². The molecule has 1 aliphatic heterocycles. The first kappa shape index (κ1) is 17.4. The molecule has 0 spiro atoms. The van der Waals surface area contributed by atoms with Crippen LogP contribution in [0.2, 0.25) is 0 Å². The highest BCUT2D eigenvalue weighted by atomic mass is 32.2. The third-order valence-corrected chi connectivity index (χ3v) is 5.07. The number of carbonyl (C=O) groups excluding carboxylic acids is 2. The van der Waals surface area contributed by atoms with Crippen molar-refractivity contribution in [3.63, 3.8) is 0 Å². The van der Waals surface area contributed by atoms with Crippen LogP contribution in [0.1, 0.15) is 36.2 Å². The number of amides is 1. The van der Waals surface area contributed by atoms with Crippen LogP contribution in [0.15, 0.2) is 24.3 Å². The van der Waals surface area contributed by atoms with E-state index in [9.17, 15) is 18.0 Å². The zero-order valence-electron chi connectivity index (χ0n) is 13.1. The average molecular weight is 340 g/mol. The summed E-state index contributed by atoms with van der Waals surface area (Å²) in [6.07, 6.45) is 0.934. The number of nitrogens with one attached hydrogen (secondary N) is 1. The van der Waals surface area contributed by atoms with Gasteiger partial charge >= 0.3 is 16.2 Å². The molecule has 0 aliphatic carbocycles. The van der Waals surface area contributed by atoms with Crippen molar-refractivity contribution in [2.45, 2.75) is 26.8 Å². The SMILES string of the molecule is CCC(C)COC(=O)c1ccc(CN2CC(=O)NS2(=O)=O)cc1. The highest BCUT2D eigenvalue weighted by Crippen LogP contribution is 2.14. The minimum atomic E-state index is -3.74. The van der Waals surface area contributed by atoms with Gasteiger partial charge in [0.25, 0.3) is 0 Å². The van der Waals surface area contributed by atoms with Crippen LogP contribution < -0.4 is 4.72 Å². The summed E-state index contributed by atoms with van der Waals surface area (Å²) in [4.78, 5) is 23.0. The molecule has 1 aromatic carbocycles. The molecule has 0 bridgehead atoms. The molecule has 7 nitrogen and oxygen atoms in total. The summed E-state index contributed by atoms with van der Waals surface area (Å²) >= 11 is 0. The number of esters is 1. The van der Waals surface area contributed by atoms with Crippen molar-refractivity contribution in [1.82, 2.24) is 9.03 Å². The van der Waals surface area contributed by atoms with Gasteiger partial charge in [-0.2, -0.15) is 12.7 Å². The summed E-state index contributed by atoms with van der Waals surface area (Å²) in [6, 6.07) is 6.48. The highest BCUT2D eigenvalue weighted by Gasteiger charge is 2.33. The van der Waals surface area contributed by atoms with Gasteiger partial charge in [0, 0.05) is 6.54 Å². The maximum atomic E-state index is 11.9. The fourth-order valence-corrected chi connectivity index (χ4v) is 3.08. The number of hydrogen-bond acceptors (Lipinski definition) is 5. The molecule has 0 aromatic heterocycles. The first-order valence-electron chi connectivity index (χ1n) is 7.38. The fraction of sp³-hybridized carbons (Fsp3) is 0.467. The number of nitrogens with zero attached hydrogens (tertiary/aromatic N) is 1. The number of benzene rings is 1. The van der Waals surface area contributed by atoms with E-state index in [0.29, 0.717) is 23.7 Å². The molecule has 1 heterocycles. The van der Waals surface area contributed by atoms with Crippen LogP contribution >= 0.6 is 0 Å². The lowest BCUT2D eigenvalue weighted by Gasteiger charge is -2.13. The van der Waals surface area contributed by atoms with Gasteiger partial charge in [0.1, 0.15) is 0 Å². The Labute approximate surface area is 135 Å². The Balaban J connectivity index is 1.97. The lowest BCUT2D eigenvalue weighted by Crippen LogP contribution is -2.29. The molecule has 0 saturated carbocycles. The second-order valence-electron chi connectivity index (χ2n) is 5.61. The topological polar surface area (TPSA) is 92.8 Å². The van der Waals surface area contributed by atoms with Crippen LogP contribution in [0, 0.1) is 5.92 Å². The van der Waals surface area contributed by atoms with Crippen LogP contribution in [-0.2, 0) is 26.3 Å². The number of ether oxygens (including phenoxy) is 1. The van der Waals surface area contributed by atoms with Crippen molar-refractivity contribution in [2.24, 2.45) is 5.92 Å². The zero-order chi connectivity index (χ0) is 17.0. The van der Waals surface area contributed by atoms with Gasteiger partial charge < -0.3 is 4.74 Å². The Morgan fingerprint density at radius 3 is 2.52 bits per heavy atom. The summed E-state index contributed by atoms with van der Waals surface area (Å²) in [5, 5.41) is 0. The Morgan fingerprint density at radius 1 is 1.35 bits per heavy atom. The summed E-state index contributed by atoms with van der Waals surface area (Å²) in [6.45, 7) is 4.28. The molecule has 1 atom stereocenters. The molecule has 2 rings (SSSR count). The van der Waals surface area contributed by atoms with E-state index in [-0.39, 0.29) is 13.1 Å². The van der Waals surface area contributed by atoms with E-state index in [2.05, 4.69) is 0 Å². The Bertz CT molecular complexity index is 684.